The lowest BCUT2D eigenvalue weighted by Crippen LogP contribution is -2.37. The Kier molecular flexibility index (Phi) is 8.13. The van der Waals surface area contributed by atoms with Crippen molar-refractivity contribution < 1.29 is 27.5 Å². The molecule has 0 bridgehead atoms. The molecule has 2 aromatic carbocycles. The number of hydrogen-bond donors (Lipinski definition) is 1. The first-order chi connectivity index (χ1) is 16.1. The monoisotopic (exact) mass is 490 g/mol. The third-order valence-corrected chi connectivity index (χ3v) is 7.13. The fourth-order valence-corrected chi connectivity index (χ4v) is 4.18. The van der Waals surface area contributed by atoms with Crippen LogP contribution in [0.1, 0.15) is 10.4 Å². The van der Waals surface area contributed by atoms with Crippen molar-refractivity contribution in [1.82, 2.24) is 9.21 Å². The van der Waals surface area contributed by atoms with E-state index in [0.717, 1.165) is 4.31 Å². The van der Waals surface area contributed by atoms with Gasteiger partial charge >= 0.3 is 0 Å². The van der Waals surface area contributed by atoms with E-state index in [0.29, 0.717) is 43.4 Å². The van der Waals surface area contributed by atoms with Crippen molar-refractivity contribution in [1.29, 1.82) is 0 Å². The first-order valence-corrected chi connectivity index (χ1v) is 12.2. The van der Waals surface area contributed by atoms with Gasteiger partial charge in [-0.05, 0) is 42.5 Å². The van der Waals surface area contributed by atoms with Crippen LogP contribution in [0.25, 0.3) is 0 Å². The van der Waals surface area contributed by atoms with Crippen molar-refractivity contribution in [2.24, 2.45) is 0 Å². The highest BCUT2D eigenvalue weighted by Crippen LogP contribution is 2.27. The summed E-state index contributed by atoms with van der Waals surface area (Å²) < 4.78 is 37.3. The molecule has 1 aliphatic rings. The zero-order chi connectivity index (χ0) is 24.9. The highest BCUT2D eigenvalue weighted by molar-refractivity contribution is 7.89. The molecule has 0 radical (unpaired) electrons. The number of carbonyl (C=O) groups excluding carboxylic acids is 2. The van der Waals surface area contributed by atoms with E-state index in [-0.39, 0.29) is 23.0 Å². The Labute approximate surface area is 200 Å². The number of anilines is 2. The number of nitrogens with one attached hydrogen (secondary N) is 1. The van der Waals surface area contributed by atoms with Gasteiger partial charge < -0.3 is 24.6 Å². The molecule has 0 saturated carbocycles. The molecule has 0 aliphatic carbocycles. The highest BCUT2D eigenvalue weighted by Gasteiger charge is 2.24. The Bertz CT molecular complexity index is 1130. The van der Waals surface area contributed by atoms with Gasteiger partial charge in [-0.2, -0.15) is 0 Å². The normalized spacial score (nSPS) is 14.1. The number of nitrogens with zero attached hydrogens (tertiary/aromatic N) is 3. The highest BCUT2D eigenvalue weighted by atomic mass is 32.2. The summed E-state index contributed by atoms with van der Waals surface area (Å²) in [5, 5.41) is 2.82. The van der Waals surface area contributed by atoms with Crippen molar-refractivity contribution >= 4 is 33.2 Å². The van der Waals surface area contributed by atoms with Gasteiger partial charge in [-0.1, -0.05) is 0 Å². The number of carbonyl (C=O) groups is 2. The van der Waals surface area contributed by atoms with Crippen LogP contribution in [0.3, 0.4) is 0 Å². The van der Waals surface area contributed by atoms with Crippen LogP contribution in [0.5, 0.6) is 5.75 Å². The first kappa shape index (κ1) is 25.5. The number of amides is 2. The van der Waals surface area contributed by atoms with Crippen molar-refractivity contribution in [2.45, 2.75) is 4.90 Å². The molecule has 1 heterocycles. The van der Waals surface area contributed by atoms with Gasteiger partial charge in [0.05, 0.1) is 23.7 Å². The number of benzene rings is 2. The maximum atomic E-state index is 13.2. The lowest BCUT2D eigenvalue weighted by Gasteiger charge is -2.30. The zero-order valence-corrected chi connectivity index (χ0v) is 20.6. The van der Waals surface area contributed by atoms with Crippen molar-refractivity contribution in [2.75, 3.05) is 71.3 Å². The minimum atomic E-state index is -3.72. The molecule has 0 aromatic heterocycles. The van der Waals surface area contributed by atoms with Gasteiger partial charge in [0.25, 0.3) is 11.8 Å². The minimum Gasteiger partial charge on any atom is -0.484 e. The number of hydrogen-bond acceptors (Lipinski definition) is 7. The van der Waals surface area contributed by atoms with E-state index in [1.165, 1.54) is 31.1 Å². The smallest absolute Gasteiger partial charge is 0.259 e. The molecular weight excluding hydrogens is 460 g/mol. The van der Waals surface area contributed by atoms with Crippen LogP contribution >= 0.6 is 0 Å². The van der Waals surface area contributed by atoms with Gasteiger partial charge in [-0.3, -0.25) is 9.59 Å². The van der Waals surface area contributed by atoms with E-state index in [1.807, 2.05) is 4.90 Å². The van der Waals surface area contributed by atoms with Crippen LogP contribution in [0.2, 0.25) is 0 Å². The molecule has 0 unspecified atom stereocenters. The number of rotatable bonds is 8. The quantitative estimate of drug-likeness (QED) is 0.597. The summed E-state index contributed by atoms with van der Waals surface area (Å²) in [5.74, 6) is -0.115. The molecule has 11 heteroatoms. The minimum absolute atomic E-state index is 0.0361. The Hall–Kier alpha value is -3.15. The molecule has 2 amide bonds. The van der Waals surface area contributed by atoms with Gasteiger partial charge in [0.1, 0.15) is 5.75 Å². The largest absolute Gasteiger partial charge is 0.484 e. The molecule has 3 rings (SSSR count). The Morgan fingerprint density at radius 1 is 1.03 bits per heavy atom. The van der Waals surface area contributed by atoms with Gasteiger partial charge in [0.2, 0.25) is 10.0 Å². The molecule has 184 valence electrons. The average Bonchev–Trinajstić information content (AvgIpc) is 2.83. The van der Waals surface area contributed by atoms with Crippen LogP contribution in [0.4, 0.5) is 11.4 Å². The predicted octanol–water partition coefficient (Wildman–Crippen LogP) is 1.49. The summed E-state index contributed by atoms with van der Waals surface area (Å²) in [6.45, 7) is 2.15. The van der Waals surface area contributed by atoms with Crippen molar-refractivity contribution in [3.05, 3.63) is 48.0 Å². The summed E-state index contributed by atoms with van der Waals surface area (Å²) in [5.41, 5.74) is 1.40. The second-order valence-electron chi connectivity index (χ2n) is 8.12. The van der Waals surface area contributed by atoms with Gasteiger partial charge in [0, 0.05) is 52.7 Å². The molecule has 1 aliphatic heterocycles. The van der Waals surface area contributed by atoms with E-state index in [9.17, 15) is 18.0 Å². The predicted molar refractivity (Wildman–Crippen MR) is 129 cm³/mol. The Morgan fingerprint density at radius 2 is 1.68 bits per heavy atom. The zero-order valence-electron chi connectivity index (χ0n) is 19.8. The molecule has 1 N–H and O–H groups in total. The maximum absolute atomic E-state index is 13.2. The molecular formula is C23H30N4O6S. The number of morpholine rings is 1. The second-order valence-corrected chi connectivity index (χ2v) is 10.3. The molecule has 34 heavy (non-hydrogen) atoms. The van der Waals surface area contributed by atoms with E-state index in [2.05, 4.69) is 5.32 Å². The maximum Gasteiger partial charge on any atom is 0.259 e. The summed E-state index contributed by atoms with van der Waals surface area (Å²) >= 11 is 0. The number of likely N-dealkylation sites (N-methyl/N-ethyl adjacent to an activating group) is 1. The van der Waals surface area contributed by atoms with E-state index < -0.39 is 15.9 Å². The standard InChI is InChI=1S/C23H30N4O6S/c1-25(2)22(28)16-33-18-7-5-17(6-8-18)24-23(29)20-15-19(34(30,31)26(3)4)9-10-21(20)27-11-13-32-14-12-27/h5-10,15H,11-14,16H2,1-4H3,(H,24,29). The molecule has 10 nitrogen and oxygen atoms in total. The van der Waals surface area contributed by atoms with E-state index >= 15 is 0 Å². The third kappa shape index (κ3) is 6.04. The van der Waals surface area contributed by atoms with Crippen molar-refractivity contribution in [3.63, 3.8) is 0 Å². The lowest BCUT2D eigenvalue weighted by atomic mass is 10.1. The fourth-order valence-electron chi connectivity index (χ4n) is 3.26. The van der Waals surface area contributed by atoms with Gasteiger partial charge in [-0.15, -0.1) is 0 Å². The summed E-state index contributed by atoms with van der Waals surface area (Å²) in [6.07, 6.45) is 0. The van der Waals surface area contributed by atoms with E-state index in [1.54, 1.807) is 44.4 Å². The van der Waals surface area contributed by atoms with Gasteiger partial charge in [0.15, 0.2) is 6.61 Å². The Balaban J connectivity index is 1.83. The molecule has 1 saturated heterocycles. The van der Waals surface area contributed by atoms with E-state index in [4.69, 9.17) is 9.47 Å². The SMILES string of the molecule is CN(C)C(=O)COc1ccc(NC(=O)c2cc(S(=O)(=O)N(C)C)ccc2N2CCOCC2)cc1. The first-order valence-electron chi connectivity index (χ1n) is 10.7. The Morgan fingerprint density at radius 3 is 2.26 bits per heavy atom. The molecule has 0 atom stereocenters. The van der Waals surface area contributed by atoms with Crippen LogP contribution in [0, 0.1) is 0 Å². The molecule has 0 spiro atoms. The molecule has 2 aromatic rings. The van der Waals surface area contributed by atoms with Gasteiger partial charge in [-0.25, -0.2) is 12.7 Å². The summed E-state index contributed by atoms with van der Waals surface area (Å²) in [7, 11) is 2.47. The topological polar surface area (TPSA) is 108 Å². The summed E-state index contributed by atoms with van der Waals surface area (Å²) in [4.78, 5) is 28.4. The van der Waals surface area contributed by atoms with Crippen LogP contribution in [0.15, 0.2) is 47.4 Å². The molecule has 1 fully saturated rings. The van der Waals surface area contributed by atoms with Crippen LogP contribution in [-0.2, 0) is 19.6 Å². The fraction of sp³-hybridized carbons (Fsp3) is 0.391. The average molecular weight is 491 g/mol. The van der Waals surface area contributed by atoms with Crippen LogP contribution < -0.4 is 15.0 Å². The van der Waals surface area contributed by atoms with Crippen molar-refractivity contribution in [3.8, 4) is 5.75 Å². The van der Waals surface area contributed by atoms with Crippen LogP contribution in [-0.4, -0.2) is 90.5 Å². The number of sulfonamides is 1. The number of ether oxygens (including phenoxy) is 2. The summed E-state index contributed by atoms with van der Waals surface area (Å²) in [6, 6.07) is 11.2. The third-order valence-electron chi connectivity index (χ3n) is 5.32. The second kappa shape index (κ2) is 10.9. The lowest BCUT2D eigenvalue weighted by molar-refractivity contribution is -0.130.